The van der Waals surface area contributed by atoms with Gasteiger partial charge in [-0.15, -0.1) is 0 Å². The van der Waals surface area contributed by atoms with Gasteiger partial charge in [-0.05, 0) is 18.9 Å². The minimum Gasteiger partial charge on any atom is -0.468 e. The Kier molecular flexibility index (Phi) is 4.90. The molecule has 0 heterocycles. The third-order valence-corrected chi connectivity index (χ3v) is 2.34. The molecule has 0 aromatic rings. The largest absolute Gasteiger partial charge is 0.468 e. The molecule has 2 unspecified atom stereocenters. The molecule has 0 radical (unpaired) electrons. The number of nitrogens with one attached hydrogen (secondary N) is 1. The van der Waals surface area contributed by atoms with E-state index in [2.05, 4.69) is 23.9 Å². The molecule has 0 amide bonds. The SMILES string of the molecule is CNC(C(=O)OC)C(C)C(C)C. The van der Waals surface area contributed by atoms with E-state index in [0.717, 1.165) is 0 Å². The molecule has 0 saturated carbocycles. The van der Waals surface area contributed by atoms with Crippen molar-refractivity contribution in [3.8, 4) is 0 Å². The molecule has 72 valence electrons. The second kappa shape index (κ2) is 5.14. The Balaban J connectivity index is 4.23. The van der Waals surface area contributed by atoms with E-state index in [0.29, 0.717) is 11.8 Å². The molecule has 3 nitrogen and oxygen atoms in total. The first-order chi connectivity index (χ1) is 5.54. The van der Waals surface area contributed by atoms with Crippen LogP contribution >= 0.6 is 0 Å². The van der Waals surface area contributed by atoms with Crippen molar-refractivity contribution in [2.75, 3.05) is 14.2 Å². The second-order valence-corrected chi connectivity index (χ2v) is 3.39. The lowest BCUT2D eigenvalue weighted by atomic mass is 9.90. The average molecular weight is 173 g/mol. The summed E-state index contributed by atoms with van der Waals surface area (Å²) in [5.41, 5.74) is 0. The summed E-state index contributed by atoms with van der Waals surface area (Å²) in [6.07, 6.45) is 0. The zero-order valence-corrected chi connectivity index (χ0v) is 8.55. The van der Waals surface area contributed by atoms with Gasteiger partial charge in [0.25, 0.3) is 0 Å². The van der Waals surface area contributed by atoms with Crippen LogP contribution in [0.2, 0.25) is 0 Å². The lowest BCUT2D eigenvalue weighted by Gasteiger charge is -2.23. The third-order valence-electron chi connectivity index (χ3n) is 2.34. The lowest BCUT2D eigenvalue weighted by molar-refractivity contribution is -0.144. The van der Waals surface area contributed by atoms with E-state index in [4.69, 9.17) is 0 Å². The van der Waals surface area contributed by atoms with Crippen LogP contribution in [0, 0.1) is 11.8 Å². The Hall–Kier alpha value is -0.570. The van der Waals surface area contributed by atoms with Crippen molar-refractivity contribution in [1.29, 1.82) is 0 Å². The Morgan fingerprint density at radius 2 is 1.83 bits per heavy atom. The standard InChI is InChI=1S/C9H19NO2/c1-6(2)7(3)8(10-4)9(11)12-5/h6-8,10H,1-5H3. The van der Waals surface area contributed by atoms with E-state index in [9.17, 15) is 4.79 Å². The Morgan fingerprint density at radius 3 is 2.08 bits per heavy atom. The fourth-order valence-corrected chi connectivity index (χ4v) is 1.11. The predicted molar refractivity (Wildman–Crippen MR) is 48.9 cm³/mol. The number of esters is 1. The number of rotatable bonds is 4. The number of ether oxygens (including phenoxy) is 1. The topological polar surface area (TPSA) is 38.3 Å². The Labute approximate surface area is 74.5 Å². The van der Waals surface area contributed by atoms with Crippen LogP contribution in [0.4, 0.5) is 0 Å². The molecule has 2 atom stereocenters. The highest BCUT2D eigenvalue weighted by atomic mass is 16.5. The molecule has 0 fully saturated rings. The maximum atomic E-state index is 11.2. The van der Waals surface area contributed by atoms with E-state index >= 15 is 0 Å². The molecule has 1 N–H and O–H groups in total. The Bertz CT molecular complexity index is 145. The van der Waals surface area contributed by atoms with Crippen LogP contribution < -0.4 is 5.32 Å². The number of hydrogen-bond donors (Lipinski definition) is 1. The first-order valence-electron chi connectivity index (χ1n) is 4.29. The molecule has 0 rings (SSSR count). The third kappa shape index (κ3) is 2.81. The first kappa shape index (κ1) is 11.4. The van der Waals surface area contributed by atoms with Crippen molar-refractivity contribution in [1.82, 2.24) is 5.32 Å². The van der Waals surface area contributed by atoms with Gasteiger partial charge >= 0.3 is 5.97 Å². The number of hydrogen-bond acceptors (Lipinski definition) is 3. The van der Waals surface area contributed by atoms with Crippen molar-refractivity contribution < 1.29 is 9.53 Å². The van der Waals surface area contributed by atoms with Gasteiger partial charge in [-0.2, -0.15) is 0 Å². The lowest BCUT2D eigenvalue weighted by Crippen LogP contribution is -2.42. The zero-order chi connectivity index (χ0) is 9.72. The smallest absolute Gasteiger partial charge is 0.323 e. The molecule has 0 saturated heterocycles. The van der Waals surface area contributed by atoms with E-state index in [1.807, 2.05) is 6.92 Å². The molecular weight excluding hydrogens is 154 g/mol. The summed E-state index contributed by atoms with van der Waals surface area (Å²) in [5.74, 6) is 0.586. The molecule has 0 aromatic heterocycles. The zero-order valence-electron chi connectivity index (χ0n) is 8.55. The predicted octanol–water partition coefficient (Wildman–Crippen LogP) is 1.04. The second-order valence-electron chi connectivity index (χ2n) is 3.39. The van der Waals surface area contributed by atoms with E-state index in [1.54, 1.807) is 7.05 Å². The van der Waals surface area contributed by atoms with Gasteiger partial charge in [0.2, 0.25) is 0 Å². The molecule has 0 aliphatic heterocycles. The number of carbonyl (C=O) groups is 1. The van der Waals surface area contributed by atoms with Crippen molar-refractivity contribution in [3.63, 3.8) is 0 Å². The van der Waals surface area contributed by atoms with Crippen LogP contribution in [0.1, 0.15) is 20.8 Å². The van der Waals surface area contributed by atoms with Crippen LogP contribution in [-0.4, -0.2) is 26.2 Å². The van der Waals surface area contributed by atoms with E-state index in [-0.39, 0.29) is 12.0 Å². The van der Waals surface area contributed by atoms with Crippen molar-refractivity contribution in [2.45, 2.75) is 26.8 Å². The average Bonchev–Trinajstić information content (AvgIpc) is 2.05. The minimum absolute atomic E-state index is 0.182. The molecule has 0 bridgehead atoms. The van der Waals surface area contributed by atoms with Crippen LogP contribution in [0.15, 0.2) is 0 Å². The molecule has 12 heavy (non-hydrogen) atoms. The molecule has 0 aliphatic rings. The normalized spacial score (nSPS) is 15.8. The van der Waals surface area contributed by atoms with Crippen LogP contribution in [0.25, 0.3) is 0 Å². The maximum absolute atomic E-state index is 11.2. The van der Waals surface area contributed by atoms with Gasteiger partial charge in [0, 0.05) is 0 Å². The summed E-state index contributed by atoms with van der Waals surface area (Å²) >= 11 is 0. The molecule has 0 aliphatic carbocycles. The fraction of sp³-hybridized carbons (Fsp3) is 0.889. The molecule has 3 heteroatoms. The highest BCUT2D eigenvalue weighted by Gasteiger charge is 2.25. The van der Waals surface area contributed by atoms with Gasteiger partial charge in [-0.25, -0.2) is 0 Å². The molecule has 0 spiro atoms. The Morgan fingerprint density at radius 1 is 1.33 bits per heavy atom. The minimum atomic E-state index is -0.185. The number of carbonyl (C=O) groups excluding carboxylic acids is 1. The van der Waals surface area contributed by atoms with Gasteiger partial charge in [0.15, 0.2) is 0 Å². The van der Waals surface area contributed by atoms with E-state index < -0.39 is 0 Å². The van der Waals surface area contributed by atoms with Gasteiger partial charge in [0.1, 0.15) is 6.04 Å². The molecule has 0 aromatic carbocycles. The van der Waals surface area contributed by atoms with Crippen LogP contribution in [0.5, 0.6) is 0 Å². The number of methoxy groups -OCH3 is 1. The van der Waals surface area contributed by atoms with E-state index in [1.165, 1.54) is 7.11 Å². The van der Waals surface area contributed by atoms with Crippen LogP contribution in [-0.2, 0) is 9.53 Å². The van der Waals surface area contributed by atoms with Gasteiger partial charge < -0.3 is 10.1 Å². The fourth-order valence-electron chi connectivity index (χ4n) is 1.11. The summed E-state index contributed by atoms with van der Waals surface area (Å²) in [5, 5.41) is 2.96. The highest BCUT2D eigenvalue weighted by molar-refractivity contribution is 5.75. The van der Waals surface area contributed by atoms with Gasteiger partial charge in [0.05, 0.1) is 7.11 Å². The van der Waals surface area contributed by atoms with Crippen molar-refractivity contribution in [2.24, 2.45) is 11.8 Å². The summed E-state index contributed by atoms with van der Waals surface area (Å²) in [7, 11) is 3.19. The summed E-state index contributed by atoms with van der Waals surface area (Å²) in [4.78, 5) is 11.2. The maximum Gasteiger partial charge on any atom is 0.323 e. The van der Waals surface area contributed by atoms with Gasteiger partial charge in [-0.1, -0.05) is 20.8 Å². The van der Waals surface area contributed by atoms with Crippen LogP contribution in [0.3, 0.4) is 0 Å². The number of likely N-dealkylation sites (N-methyl/N-ethyl adjacent to an activating group) is 1. The van der Waals surface area contributed by atoms with Gasteiger partial charge in [-0.3, -0.25) is 4.79 Å². The molecular formula is C9H19NO2. The first-order valence-corrected chi connectivity index (χ1v) is 4.29. The van der Waals surface area contributed by atoms with Crippen molar-refractivity contribution >= 4 is 5.97 Å². The summed E-state index contributed by atoms with van der Waals surface area (Å²) in [6, 6.07) is -0.185. The quantitative estimate of drug-likeness (QED) is 0.645. The van der Waals surface area contributed by atoms with Crippen molar-refractivity contribution in [3.05, 3.63) is 0 Å². The summed E-state index contributed by atoms with van der Waals surface area (Å²) in [6.45, 7) is 6.23. The monoisotopic (exact) mass is 173 g/mol. The highest BCUT2D eigenvalue weighted by Crippen LogP contribution is 2.14. The summed E-state index contributed by atoms with van der Waals surface area (Å²) < 4.78 is 4.67.